The van der Waals surface area contributed by atoms with Crippen molar-refractivity contribution in [1.82, 2.24) is 4.90 Å². The van der Waals surface area contributed by atoms with E-state index >= 15 is 0 Å². The molecule has 0 fully saturated rings. The lowest BCUT2D eigenvalue weighted by molar-refractivity contribution is -0.129. The standard InChI is InChI=1S/C18H26N2O4/c1-5-6-11-19(3)17(22)10-12-20(14(2)21)16-9-7-8-15(13-16)18(23)24-4/h7-9,13H,5-6,10-12H2,1-4H3. The lowest BCUT2D eigenvalue weighted by Crippen LogP contribution is -2.35. The van der Waals surface area contributed by atoms with Crippen LogP contribution in [0.4, 0.5) is 5.69 Å². The Morgan fingerprint density at radius 3 is 2.46 bits per heavy atom. The van der Waals surface area contributed by atoms with E-state index in [0.29, 0.717) is 17.8 Å². The Morgan fingerprint density at radius 2 is 1.88 bits per heavy atom. The minimum absolute atomic E-state index is 0.00109. The number of anilines is 1. The average molecular weight is 334 g/mol. The van der Waals surface area contributed by atoms with Crippen molar-refractivity contribution in [1.29, 1.82) is 0 Å². The van der Waals surface area contributed by atoms with Gasteiger partial charge in [0.2, 0.25) is 11.8 Å². The number of ether oxygens (including phenoxy) is 1. The van der Waals surface area contributed by atoms with Crippen LogP contribution in [0.1, 0.15) is 43.5 Å². The molecule has 6 heteroatoms. The van der Waals surface area contributed by atoms with Crippen LogP contribution in [-0.4, -0.2) is 49.9 Å². The topological polar surface area (TPSA) is 66.9 Å². The first-order chi connectivity index (χ1) is 11.4. The molecule has 0 aliphatic heterocycles. The van der Waals surface area contributed by atoms with Crippen molar-refractivity contribution < 1.29 is 19.1 Å². The summed E-state index contributed by atoms with van der Waals surface area (Å²) >= 11 is 0. The Kier molecular flexibility index (Phi) is 7.95. The van der Waals surface area contributed by atoms with E-state index in [9.17, 15) is 14.4 Å². The highest BCUT2D eigenvalue weighted by atomic mass is 16.5. The predicted molar refractivity (Wildman–Crippen MR) is 93.0 cm³/mol. The molecule has 1 aromatic carbocycles. The van der Waals surface area contributed by atoms with E-state index in [0.717, 1.165) is 12.8 Å². The highest BCUT2D eigenvalue weighted by molar-refractivity contribution is 5.95. The minimum atomic E-state index is -0.462. The zero-order valence-corrected chi connectivity index (χ0v) is 14.9. The molecule has 0 atom stereocenters. The maximum Gasteiger partial charge on any atom is 0.337 e. The number of esters is 1. The summed E-state index contributed by atoms with van der Waals surface area (Å²) in [6.07, 6.45) is 2.22. The second-order valence-electron chi connectivity index (χ2n) is 5.63. The van der Waals surface area contributed by atoms with E-state index in [1.807, 2.05) is 0 Å². The number of hydrogen-bond donors (Lipinski definition) is 0. The molecule has 0 saturated carbocycles. The van der Waals surface area contributed by atoms with Crippen LogP contribution in [0.5, 0.6) is 0 Å². The van der Waals surface area contributed by atoms with Crippen molar-refractivity contribution >= 4 is 23.5 Å². The monoisotopic (exact) mass is 334 g/mol. The van der Waals surface area contributed by atoms with Crippen LogP contribution in [0.3, 0.4) is 0 Å². The fourth-order valence-electron chi connectivity index (χ4n) is 2.31. The Morgan fingerprint density at radius 1 is 1.17 bits per heavy atom. The predicted octanol–water partition coefficient (Wildman–Crippen LogP) is 2.47. The third-order valence-electron chi connectivity index (χ3n) is 3.78. The van der Waals surface area contributed by atoms with E-state index in [1.165, 1.54) is 18.9 Å². The van der Waals surface area contributed by atoms with E-state index < -0.39 is 5.97 Å². The summed E-state index contributed by atoms with van der Waals surface area (Å²) in [4.78, 5) is 38.9. The van der Waals surface area contributed by atoms with Crippen LogP contribution >= 0.6 is 0 Å². The summed E-state index contributed by atoms with van der Waals surface area (Å²) < 4.78 is 4.70. The number of nitrogens with zero attached hydrogens (tertiary/aromatic N) is 2. The molecule has 0 unspecified atom stereocenters. The van der Waals surface area contributed by atoms with Gasteiger partial charge in [-0.15, -0.1) is 0 Å². The Balaban J connectivity index is 2.80. The zero-order chi connectivity index (χ0) is 18.1. The van der Waals surface area contributed by atoms with Crippen molar-refractivity contribution in [2.24, 2.45) is 0 Å². The second-order valence-corrected chi connectivity index (χ2v) is 5.63. The number of hydrogen-bond acceptors (Lipinski definition) is 4. The van der Waals surface area contributed by atoms with Gasteiger partial charge in [-0.05, 0) is 24.6 Å². The molecule has 1 rings (SSSR count). The van der Waals surface area contributed by atoms with Crippen LogP contribution in [0.25, 0.3) is 0 Å². The van der Waals surface area contributed by atoms with Crippen LogP contribution in [-0.2, 0) is 14.3 Å². The maximum absolute atomic E-state index is 12.1. The normalized spacial score (nSPS) is 10.2. The van der Waals surface area contributed by atoms with Gasteiger partial charge in [-0.3, -0.25) is 9.59 Å². The number of rotatable bonds is 8. The van der Waals surface area contributed by atoms with Crippen molar-refractivity contribution in [2.45, 2.75) is 33.1 Å². The van der Waals surface area contributed by atoms with Gasteiger partial charge < -0.3 is 14.5 Å². The molecule has 0 N–H and O–H groups in total. The van der Waals surface area contributed by atoms with E-state index in [4.69, 9.17) is 4.74 Å². The molecule has 0 radical (unpaired) electrons. The van der Waals surface area contributed by atoms with Gasteiger partial charge in [-0.1, -0.05) is 19.4 Å². The van der Waals surface area contributed by atoms with Gasteiger partial charge in [-0.25, -0.2) is 4.79 Å². The molecule has 132 valence electrons. The molecular weight excluding hydrogens is 308 g/mol. The van der Waals surface area contributed by atoms with Gasteiger partial charge in [0.15, 0.2) is 0 Å². The van der Waals surface area contributed by atoms with E-state index in [2.05, 4.69) is 6.92 Å². The first-order valence-corrected chi connectivity index (χ1v) is 8.11. The van der Waals surface area contributed by atoms with Gasteiger partial charge in [0.25, 0.3) is 0 Å². The first-order valence-electron chi connectivity index (χ1n) is 8.11. The third-order valence-corrected chi connectivity index (χ3v) is 3.78. The van der Waals surface area contributed by atoms with E-state index in [-0.39, 0.29) is 24.8 Å². The summed E-state index contributed by atoms with van der Waals surface area (Å²) in [7, 11) is 3.08. The largest absolute Gasteiger partial charge is 0.465 e. The van der Waals surface area contributed by atoms with Gasteiger partial charge in [0, 0.05) is 39.2 Å². The molecule has 0 aliphatic carbocycles. The number of methoxy groups -OCH3 is 1. The van der Waals surface area contributed by atoms with E-state index in [1.54, 1.807) is 36.2 Å². The Hall–Kier alpha value is -2.37. The average Bonchev–Trinajstić information content (AvgIpc) is 2.58. The van der Waals surface area contributed by atoms with Gasteiger partial charge >= 0.3 is 5.97 Å². The van der Waals surface area contributed by atoms with Gasteiger partial charge in [0.1, 0.15) is 0 Å². The van der Waals surface area contributed by atoms with Crippen molar-refractivity contribution in [2.75, 3.05) is 32.1 Å². The SMILES string of the molecule is CCCCN(C)C(=O)CCN(C(C)=O)c1cccc(C(=O)OC)c1. The summed E-state index contributed by atoms with van der Waals surface area (Å²) in [5.41, 5.74) is 0.946. The summed E-state index contributed by atoms with van der Waals surface area (Å²) in [6, 6.07) is 6.64. The van der Waals surface area contributed by atoms with Gasteiger partial charge in [-0.2, -0.15) is 0 Å². The first kappa shape index (κ1) is 19.7. The lowest BCUT2D eigenvalue weighted by atomic mass is 10.1. The van der Waals surface area contributed by atoms with Crippen LogP contribution in [0.15, 0.2) is 24.3 Å². The van der Waals surface area contributed by atoms with Crippen LogP contribution in [0, 0.1) is 0 Å². The highest BCUT2D eigenvalue weighted by Gasteiger charge is 2.17. The Labute approximate surface area is 143 Å². The van der Waals surface area contributed by atoms with Crippen LogP contribution in [0.2, 0.25) is 0 Å². The summed E-state index contributed by atoms with van der Waals surface area (Å²) in [5, 5.41) is 0. The number of carbonyl (C=O) groups excluding carboxylic acids is 3. The smallest absolute Gasteiger partial charge is 0.337 e. The zero-order valence-electron chi connectivity index (χ0n) is 14.9. The molecule has 0 bridgehead atoms. The highest BCUT2D eigenvalue weighted by Crippen LogP contribution is 2.18. The van der Waals surface area contributed by atoms with Gasteiger partial charge in [0.05, 0.1) is 12.7 Å². The molecular formula is C18H26N2O4. The fourth-order valence-corrected chi connectivity index (χ4v) is 2.31. The molecule has 0 aliphatic rings. The molecule has 24 heavy (non-hydrogen) atoms. The number of amides is 2. The molecule has 2 amide bonds. The number of benzene rings is 1. The summed E-state index contributed by atoms with van der Waals surface area (Å²) in [6.45, 7) is 4.50. The van der Waals surface area contributed by atoms with Crippen molar-refractivity contribution in [3.63, 3.8) is 0 Å². The minimum Gasteiger partial charge on any atom is -0.465 e. The third kappa shape index (κ3) is 5.68. The molecule has 0 saturated heterocycles. The molecule has 6 nitrogen and oxygen atoms in total. The quantitative estimate of drug-likeness (QED) is 0.685. The van der Waals surface area contributed by atoms with Crippen molar-refractivity contribution in [3.8, 4) is 0 Å². The number of carbonyl (C=O) groups is 3. The molecule has 0 heterocycles. The molecule has 1 aromatic rings. The summed E-state index contributed by atoms with van der Waals surface area (Å²) in [5.74, 6) is -0.643. The molecule has 0 aromatic heterocycles. The maximum atomic E-state index is 12.1. The second kappa shape index (κ2) is 9.70. The fraction of sp³-hybridized carbons (Fsp3) is 0.500. The lowest BCUT2D eigenvalue weighted by Gasteiger charge is -2.23. The van der Waals surface area contributed by atoms with Crippen molar-refractivity contribution in [3.05, 3.63) is 29.8 Å². The number of unbranched alkanes of at least 4 members (excludes halogenated alkanes) is 1. The Bertz CT molecular complexity index is 586. The van der Waals surface area contributed by atoms with Crippen LogP contribution < -0.4 is 4.90 Å². The molecule has 0 spiro atoms.